The second-order valence-electron chi connectivity index (χ2n) is 4.41. The summed E-state index contributed by atoms with van der Waals surface area (Å²) in [6.45, 7) is 3.52. The fourth-order valence-corrected chi connectivity index (χ4v) is 1.89. The molecule has 0 aromatic carbocycles. The molecule has 4 heteroatoms. The number of ketones is 1. The molecule has 0 radical (unpaired) electrons. The van der Waals surface area contributed by atoms with Gasteiger partial charge in [-0.05, 0) is 26.9 Å². The molecule has 0 aromatic heterocycles. The van der Waals surface area contributed by atoms with E-state index in [9.17, 15) is 9.59 Å². The van der Waals surface area contributed by atoms with Crippen LogP contribution in [0.5, 0.6) is 0 Å². The number of carbonyl (C=O) groups is 2. The zero-order valence-electron chi connectivity index (χ0n) is 9.82. The van der Waals surface area contributed by atoms with Crippen molar-refractivity contribution in [1.82, 2.24) is 9.80 Å². The van der Waals surface area contributed by atoms with Crippen molar-refractivity contribution in [2.45, 2.75) is 32.2 Å². The molecule has 1 atom stereocenters. The van der Waals surface area contributed by atoms with Gasteiger partial charge in [-0.3, -0.25) is 4.79 Å². The first-order valence-corrected chi connectivity index (χ1v) is 5.44. The van der Waals surface area contributed by atoms with E-state index in [-0.39, 0.29) is 11.7 Å². The monoisotopic (exact) mass is 212 g/mol. The van der Waals surface area contributed by atoms with Crippen molar-refractivity contribution in [1.29, 1.82) is 0 Å². The third-order valence-electron chi connectivity index (χ3n) is 3.00. The molecule has 0 aliphatic carbocycles. The molecule has 0 N–H and O–H groups in total. The van der Waals surface area contributed by atoms with Crippen LogP contribution in [0.3, 0.4) is 0 Å². The van der Waals surface area contributed by atoms with E-state index in [1.807, 2.05) is 7.05 Å². The molecule has 1 fully saturated rings. The Morgan fingerprint density at radius 2 is 2.07 bits per heavy atom. The molecule has 86 valence electrons. The van der Waals surface area contributed by atoms with Crippen molar-refractivity contribution in [2.24, 2.45) is 0 Å². The first-order chi connectivity index (χ1) is 7.00. The van der Waals surface area contributed by atoms with Crippen molar-refractivity contribution < 1.29 is 9.59 Å². The van der Waals surface area contributed by atoms with E-state index in [4.69, 9.17) is 0 Å². The Kier molecular flexibility index (Phi) is 4.27. The molecule has 1 heterocycles. The molecule has 0 bridgehead atoms. The summed E-state index contributed by atoms with van der Waals surface area (Å²) in [7, 11) is 3.90. The van der Waals surface area contributed by atoms with Crippen LogP contribution in [-0.4, -0.2) is 54.7 Å². The lowest BCUT2D eigenvalue weighted by atomic mass is 10.2. The van der Waals surface area contributed by atoms with E-state index in [0.717, 1.165) is 19.5 Å². The van der Waals surface area contributed by atoms with Crippen molar-refractivity contribution in [3.8, 4) is 0 Å². The first-order valence-electron chi connectivity index (χ1n) is 5.44. The van der Waals surface area contributed by atoms with E-state index < -0.39 is 0 Å². The van der Waals surface area contributed by atoms with Gasteiger partial charge in [-0.25, -0.2) is 0 Å². The van der Waals surface area contributed by atoms with Crippen LogP contribution in [0.4, 0.5) is 0 Å². The van der Waals surface area contributed by atoms with Gasteiger partial charge in [-0.15, -0.1) is 0 Å². The van der Waals surface area contributed by atoms with Gasteiger partial charge < -0.3 is 14.6 Å². The van der Waals surface area contributed by atoms with Crippen LogP contribution >= 0.6 is 0 Å². The molecule has 1 unspecified atom stereocenters. The van der Waals surface area contributed by atoms with Crippen molar-refractivity contribution >= 4 is 11.7 Å². The third-order valence-corrected chi connectivity index (χ3v) is 3.00. The van der Waals surface area contributed by atoms with Gasteiger partial charge in [0, 0.05) is 32.5 Å². The number of hydrogen-bond donors (Lipinski definition) is 0. The molecular weight excluding hydrogens is 192 g/mol. The van der Waals surface area contributed by atoms with Gasteiger partial charge in [0.15, 0.2) is 0 Å². The van der Waals surface area contributed by atoms with Crippen LogP contribution in [-0.2, 0) is 9.59 Å². The summed E-state index contributed by atoms with van der Waals surface area (Å²) >= 11 is 0. The van der Waals surface area contributed by atoms with E-state index >= 15 is 0 Å². The van der Waals surface area contributed by atoms with Crippen molar-refractivity contribution in [3.05, 3.63) is 0 Å². The number of nitrogens with zero attached hydrogens (tertiary/aromatic N) is 2. The second-order valence-corrected chi connectivity index (χ2v) is 4.41. The molecule has 1 amide bonds. The Morgan fingerprint density at radius 1 is 1.40 bits per heavy atom. The lowest BCUT2D eigenvalue weighted by molar-refractivity contribution is -0.133. The molecule has 0 aromatic rings. The van der Waals surface area contributed by atoms with E-state index in [1.165, 1.54) is 6.92 Å². The molecule has 4 nitrogen and oxygen atoms in total. The summed E-state index contributed by atoms with van der Waals surface area (Å²) in [4.78, 5) is 26.5. The van der Waals surface area contributed by atoms with E-state index in [0.29, 0.717) is 18.9 Å². The highest BCUT2D eigenvalue weighted by Gasteiger charge is 2.25. The van der Waals surface area contributed by atoms with E-state index in [2.05, 4.69) is 11.9 Å². The molecule has 1 rings (SSSR count). The predicted octanol–water partition coefficient (Wildman–Crippen LogP) is 0.518. The minimum Gasteiger partial charge on any atom is -0.341 e. The molecule has 1 aliphatic rings. The SMILES string of the molecule is CC(=O)CCC(=O)N(C)C1CCN(C)C1. The summed E-state index contributed by atoms with van der Waals surface area (Å²) in [6.07, 6.45) is 1.76. The number of likely N-dealkylation sites (N-methyl/N-ethyl adjacent to an activating group) is 2. The quantitative estimate of drug-likeness (QED) is 0.682. The van der Waals surface area contributed by atoms with Gasteiger partial charge in [0.2, 0.25) is 5.91 Å². The number of carbonyl (C=O) groups excluding carboxylic acids is 2. The minimum absolute atomic E-state index is 0.0836. The molecular formula is C11H20N2O2. The highest BCUT2D eigenvalue weighted by molar-refractivity contribution is 5.83. The summed E-state index contributed by atoms with van der Waals surface area (Å²) in [5.74, 6) is 0.172. The summed E-state index contributed by atoms with van der Waals surface area (Å²) in [5.41, 5.74) is 0. The minimum atomic E-state index is 0.0836. The fraction of sp³-hybridized carbons (Fsp3) is 0.818. The number of likely N-dealkylation sites (tertiary alicyclic amines) is 1. The maximum Gasteiger partial charge on any atom is 0.223 e. The molecule has 0 spiro atoms. The van der Waals surface area contributed by atoms with Gasteiger partial charge in [-0.1, -0.05) is 0 Å². The number of amides is 1. The van der Waals surface area contributed by atoms with Gasteiger partial charge in [-0.2, -0.15) is 0 Å². The van der Waals surface area contributed by atoms with Crippen LogP contribution in [0.2, 0.25) is 0 Å². The van der Waals surface area contributed by atoms with Gasteiger partial charge >= 0.3 is 0 Å². The number of rotatable bonds is 4. The Hall–Kier alpha value is -0.900. The Labute approximate surface area is 91.2 Å². The summed E-state index contributed by atoms with van der Waals surface area (Å²) in [6, 6.07) is 0.328. The highest BCUT2D eigenvalue weighted by Crippen LogP contribution is 2.13. The Morgan fingerprint density at radius 3 is 2.53 bits per heavy atom. The maximum absolute atomic E-state index is 11.7. The fourth-order valence-electron chi connectivity index (χ4n) is 1.89. The van der Waals surface area contributed by atoms with Crippen LogP contribution in [0.15, 0.2) is 0 Å². The average Bonchev–Trinajstić information content (AvgIpc) is 2.60. The van der Waals surface area contributed by atoms with Crippen molar-refractivity contribution in [2.75, 3.05) is 27.2 Å². The van der Waals surface area contributed by atoms with Crippen LogP contribution < -0.4 is 0 Å². The summed E-state index contributed by atoms with van der Waals surface area (Å²) < 4.78 is 0. The number of hydrogen-bond acceptors (Lipinski definition) is 3. The Balaban J connectivity index is 2.35. The average molecular weight is 212 g/mol. The maximum atomic E-state index is 11.7. The Bertz CT molecular complexity index is 253. The van der Waals surface area contributed by atoms with Crippen LogP contribution in [0.25, 0.3) is 0 Å². The van der Waals surface area contributed by atoms with Crippen molar-refractivity contribution in [3.63, 3.8) is 0 Å². The van der Waals surface area contributed by atoms with E-state index in [1.54, 1.807) is 4.90 Å². The summed E-state index contributed by atoms with van der Waals surface area (Å²) in [5, 5.41) is 0. The zero-order chi connectivity index (χ0) is 11.4. The number of Topliss-reactive ketones (excluding diaryl/α,β-unsaturated/α-hetero) is 1. The topological polar surface area (TPSA) is 40.6 Å². The van der Waals surface area contributed by atoms with Gasteiger partial charge in [0.25, 0.3) is 0 Å². The predicted molar refractivity (Wildman–Crippen MR) is 58.6 cm³/mol. The van der Waals surface area contributed by atoms with Gasteiger partial charge in [0.05, 0.1) is 0 Å². The van der Waals surface area contributed by atoms with Gasteiger partial charge in [0.1, 0.15) is 5.78 Å². The highest BCUT2D eigenvalue weighted by atomic mass is 16.2. The third kappa shape index (κ3) is 3.63. The molecule has 1 aliphatic heterocycles. The molecule has 15 heavy (non-hydrogen) atoms. The first kappa shape index (κ1) is 12.2. The van der Waals surface area contributed by atoms with Crippen LogP contribution in [0.1, 0.15) is 26.2 Å². The smallest absolute Gasteiger partial charge is 0.223 e. The normalized spacial score (nSPS) is 21.7. The second kappa shape index (κ2) is 5.26. The molecule has 0 saturated carbocycles. The largest absolute Gasteiger partial charge is 0.341 e. The lowest BCUT2D eigenvalue weighted by Crippen LogP contribution is -2.38. The standard InChI is InChI=1S/C11H20N2O2/c1-9(14)4-5-11(15)13(3)10-6-7-12(2)8-10/h10H,4-8H2,1-3H3. The van der Waals surface area contributed by atoms with Crippen LogP contribution in [0, 0.1) is 0 Å². The lowest BCUT2D eigenvalue weighted by Gasteiger charge is -2.24. The zero-order valence-corrected chi connectivity index (χ0v) is 9.82. The molecule has 1 saturated heterocycles.